The molecule has 33 heavy (non-hydrogen) atoms. The molecule has 0 bridgehead atoms. The van der Waals surface area contributed by atoms with E-state index in [1.54, 1.807) is 32.9 Å². The maximum atomic E-state index is 13.6. The Kier molecular flexibility index (Phi) is 8.39. The van der Waals surface area contributed by atoms with Gasteiger partial charge in [0, 0.05) is 29.3 Å². The number of nitrogens with one attached hydrogen (secondary N) is 2. The lowest BCUT2D eigenvalue weighted by Gasteiger charge is -2.18. The van der Waals surface area contributed by atoms with Gasteiger partial charge in [-0.2, -0.15) is 0 Å². The molecule has 0 fully saturated rings. The number of ether oxygens (including phenoxy) is 1. The van der Waals surface area contributed by atoms with Crippen LogP contribution >= 0.6 is 0 Å². The monoisotopic (exact) mass is 460 g/mol. The number of anilines is 1. The van der Waals surface area contributed by atoms with Crippen molar-refractivity contribution in [3.05, 3.63) is 65.2 Å². The SMILES string of the molecule is CC(OC(=O)CCNC(=O)c1ccc(F)cc1F)C(=O)c1ccc(NC(=O)C(C)(C)C)cc1. The third-order valence-electron chi connectivity index (χ3n) is 4.58. The van der Waals surface area contributed by atoms with Crippen LogP contribution in [0.5, 0.6) is 0 Å². The average molecular weight is 460 g/mol. The molecule has 9 heteroatoms. The zero-order valence-electron chi connectivity index (χ0n) is 18.8. The Morgan fingerprint density at radius 2 is 1.64 bits per heavy atom. The van der Waals surface area contributed by atoms with Crippen LogP contribution in [-0.4, -0.2) is 36.2 Å². The van der Waals surface area contributed by atoms with Crippen molar-refractivity contribution in [2.45, 2.75) is 40.2 Å². The molecule has 0 aliphatic rings. The first kappa shape index (κ1) is 25.6. The summed E-state index contributed by atoms with van der Waals surface area (Å²) in [5, 5.41) is 5.08. The van der Waals surface area contributed by atoms with E-state index in [2.05, 4.69) is 10.6 Å². The predicted molar refractivity (Wildman–Crippen MR) is 118 cm³/mol. The summed E-state index contributed by atoms with van der Waals surface area (Å²) in [5.41, 5.74) is -0.0896. The van der Waals surface area contributed by atoms with Crippen molar-refractivity contribution in [2.75, 3.05) is 11.9 Å². The Bertz CT molecular complexity index is 1050. The molecular formula is C24H26F2N2O5. The zero-order valence-corrected chi connectivity index (χ0v) is 18.8. The number of Topliss-reactive ketones (excluding diaryl/α,β-unsaturated/α-hetero) is 1. The molecule has 2 rings (SSSR count). The number of ketones is 1. The highest BCUT2D eigenvalue weighted by Crippen LogP contribution is 2.18. The van der Waals surface area contributed by atoms with Crippen LogP contribution in [0.15, 0.2) is 42.5 Å². The first-order valence-electron chi connectivity index (χ1n) is 10.3. The zero-order chi connectivity index (χ0) is 24.8. The number of carbonyl (C=O) groups excluding carboxylic acids is 4. The van der Waals surface area contributed by atoms with E-state index in [9.17, 15) is 28.0 Å². The lowest BCUT2D eigenvalue weighted by atomic mass is 9.95. The van der Waals surface area contributed by atoms with Crippen molar-refractivity contribution in [3.8, 4) is 0 Å². The number of amides is 2. The minimum Gasteiger partial charge on any atom is -0.454 e. The lowest BCUT2D eigenvalue weighted by molar-refractivity contribution is -0.146. The number of hydrogen-bond donors (Lipinski definition) is 2. The van der Waals surface area contributed by atoms with Crippen LogP contribution < -0.4 is 10.6 Å². The van der Waals surface area contributed by atoms with Gasteiger partial charge < -0.3 is 15.4 Å². The molecule has 1 atom stereocenters. The minimum atomic E-state index is -1.07. The standard InChI is InChI=1S/C24H26F2N2O5/c1-14(21(30)15-5-8-17(9-6-15)28-23(32)24(2,3)4)33-20(29)11-12-27-22(31)18-10-7-16(25)13-19(18)26/h5-10,13-14H,11-12H2,1-4H3,(H,27,31)(H,28,32). The van der Waals surface area contributed by atoms with Gasteiger partial charge in [-0.05, 0) is 43.3 Å². The van der Waals surface area contributed by atoms with Gasteiger partial charge in [0.15, 0.2) is 6.10 Å². The number of halogens is 2. The van der Waals surface area contributed by atoms with Crippen molar-refractivity contribution in [2.24, 2.45) is 5.41 Å². The summed E-state index contributed by atoms with van der Waals surface area (Å²) in [6.07, 6.45) is -1.32. The molecule has 0 saturated heterocycles. The number of carbonyl (C=O) groups is 4. The maximum Gasteiger partial charge on any atom is 0.308 e. The highest BCUT2D eigenvalue weighted by atomic mass is 19.1. The summed E-state index contributed by atoms with van der Waals surface area (Å²) >= 11 is 0. The molecule has 2 amide bonds. The smallest absolute Gasteiger partial charge is 0.308 e. The highest BCUT2D eigenvalue weighted by Gasteiger charge is 2.22. The molecule has 0 radical (unpaired) electrons. The van der Waals surface area contributed by atoms with Crippen LogP contribution in [0.25, 0.3) is 0 Å². The number of hydrogen-bond acceptors (Lipinski definition) is 5. The van der Waals surface area contributed by atoms with E-state index < -0.39 is 40.8 Å². The van der Waals surface area contributed by atoms with Crippen LogP contribution in [0.2, 0.25) is 0 Å². The van der Waals surface area contributed by atoms with Gasteiger partial charge in [0.05, 0.1) is 12.0 Å². The topological polar surface area (TPSA) is 102 Å². The number of rotatable bonds is 8. The number of benzene rings is 2. The van der Waals surface area contributed by atoms with Crippen molar-refractivity contribution < 1.29 is 32.7 Å². The molecule has 7 nitrogen and oxygen atoms in total. The van der Waals surface area contributed by atoms with Gasteiger partial charge in [0.1, 0.15) is 11.6 Å². The highest BCUT2D eigenvalue weighted by molar-refractivity contribution is 6.01. The van der Waals surface area contributed by atoms with Crippen LogP contribution in [0, 0.1) is 17.0 Å². The van der Waals surface area contributed by atoms with E-state index in [-0.39, 0.29) is 24.4 Å². The summed E-state index contributed by atoms with van der Waals surface area (Å²) < 4.78 is 31.6. The molecule has 2 N–H and O–H groups in total. The van der Waals surface area contributed by atoms with E-state index in [0.717, 1.165) is 12.1 Å². The molecule has 2 aromatic rings. The molecular weight excluding hydrogens is 434 g/mol. The quantitative estimate of drug-likeness (QED) is 0.460. The first-order chi connectivity index (χ1) is 15.4. The second-order valence-electron chi connectivity index (χ2n) is 8.41. The molecule has 0 aliphatic carbocycles. The van der Waals surface area contributed by atoms with Gasteiger partial charge in [0.25, 0.3) is 5.91 Å². The maximum absolute atomic E-state index is 13.6. The Hall–Kier alpha value is -3.62. The normalized spacial score (nSPS) is 11.9. The molecule has 2 aromatic carbocycles. The molecule has 0 aliphatic heterocycles. The third-order valence-corrected chi connectivity index (χ3v) is 4.58. The van der Waals surface area contributed by atoms with E-state index in [0.29, 0.717) is 17.3 Å². The van der Waals surface area contributed by atoms with Crippen molar-refractivity contribution in [1.82, 2.24) is 5.32 Å². The van der Waals surface area contributed by atoms with Gasteiger partial charge >= 0.3 is 5.97 Å². The molecule has 0 aromatic heterocycles. The fourth-order valence-corrected chi connectivity index (χ4v) is 2.63. The molecule has 0 saturated carbocycles. The average Bonchev–Trinajstić information content (AvgIpc) is 2.72. The Morgan fingerprint density at radius 3 is 2.21 bits per heavy atom. The summed E-state index contributed by atoms with van der Waals surface area (Å²) in [7, 11) is 0. The summed E-state index contributed by atoms with van der Waals surface area (Å²) in [6.45, 7) is 6.61. The van der Waals surface area contributed by atoms with Crippen molar-refractivity contribution >= 4 is 29.3 Å². The Morgan fingerprint density at radius 1 is 1.00 bits per heavy atom. The van der Waals surface area contributed by atoms with Crippen LogP contribution in [0.4, 0.5) is 14.5 Å². The van der Waals surface area contributed by atoms with Gasteiger partial charge in [0.2, 0.25) is 11.7 Å². The van der Waals surface area contributed by atoms with E-state index in [1.807, 2.05) is 0 Å². The fourth-order valence-electron chi connectivity index (χ4n) is 2.63. The lowest BCUT2D eigenvalue weighted by Crippen LogP contribution is -2.30. The third kappa shape index (κ3) is 7.48. The van der Waals surface area contributed by atoms with Crippen molar-refractivity contribution in [3.63, 3.8) is 0 Å². The first-order valence-corrected chi connectivity index (χ1v) is 10.3. The van der Waals surface area contributed by atoms with Crippen LogP contribution in [-0.2, 0) is 14.3 Å². The second-order valence-corrected chi connectivity index (χ2v) is 8.41. The van der Waals surface area contributed by atoms with E-state index in [1.165, 1.54) is 19.1 Å². The molecule has 0 heterocycles. The minimum absolute atomic E-state index is 0.155. The van der Waals surface area contributed by atoms with Crippen molar-refractivity contribution in [1.29, 1.82) is 0 Å². The number of esters is 1. The Balaban J connectivity index is 1.83. The van der Waals surface area contributed by atoms with Gasteiger partial charge in [-0.25, -0.2) is 8.78 Å². The molecule has 1 unspecified atom stereocenters. The summed E-state index contributed by atoms with van der Waals surface area (Å²) in [5.74, 6) is -3.96. The van der Waals surface area contributed by atoms with E-state index in [4.69, 9.17) is 4.74 Å². The van der Waals surface area contributed by atoms with E-state index >= 15 is 0 Å². The largest absolute Gasteiger partial charge is 0.454 e. The van der Waals surface area contributed by atoms with Gasteiger partial charge in [-0.15, -0.1) is 0 Å². The summed E-state index contributed by atoms with van der Waals surface area (Å²) in [6, 6.07) is 8.72. The molecule has 176 valence electrons. The van der Waals surface area contributed by atoms with Gasteiger partial charge in [-0.1, -0.05) is 20.8 Å². The van der Waals surface area contributed by atoms with Crippen LogP contribution in [0.1, 0.15) is 54.8 Å². The summed E-state index contributed by atoms with van der Waals surface area (Å²) in [4.78, 5) is 48.4. The molecule has 0 spiro atoms. The fraction of sp³-hybridized carbons (Fsp3) is 0.333. The predicted octanol–water partition coefficient (Wildman–Crippen LogP) is 3.88. The van der Waals surface area contributed by atoms with Crippen LogP contribution in [0.3, 0.4) is 0 Å². The van der Waals surface area contributed by atoms with Gasteiger partial charge in [-0.3, -0.25) is 19.2 Å². The second kappa shape index (κ2) is 10.8. The Labute approximate surface area is 190 Å².